The Bertz CT molecular complexity index is 2670. The fraction of sp³-hybridized carbons (Fsp3) is 0.611. The molecular weight excluding hydrogens is 1070 g/mol. The van der Waals surface area contributed by atoms with Gasteiger partial charge in [0.1, 0.15) is 23.0 Å². The number of carbonyl (C=O) groups is 4. The minimum absolute atomic E-state index is 0.0810. The summed E-state index contributed by atoms with van der Waals surface area (Å²) in [6.07, 6.45) is -2.80. The maximum atomic E-state index is 14.1. The third-order valence-electron chi connectivity index (χ3n) is 15.2. The Morgan fingerprint density at radius 3 is 0.635 bits per heavy atom. The summed E-state index contributed by atoms with van der Waals surface area (Å²) in [5.74, 6) is -1.90. The van der Waals surface area contributed by atoms with E-state index in [1.165, 1.54) is 0 Å². The van der Waals surface area contributed by atoms with E-state index in [2.05, 4.69) is 0 Å². The molecule has 13 nitrogen and oxygen atoms in total. The van der Waals surface area contributed by atoms with Crippen LogP contribution in [0.3, 0.4) is 0 Å². The number of hydrogen-bond donors (Lipinski definition) is 4. The van der Waals surface area contributed by atoms with Crippen molar-refractivity contribution < 1.29 is 63.3 Å². The third-order valence-corrected chi connectivity index (χ3v) is 15.2. The maximum absolute atomic E-state index is 14.1. The second-order valence-corrected chi connectivity index (χ2v) is 31.5. The highest BCUT2D eigenvalue weighted by Crippen LogP contribution is 2.44. The average molecular weight is 1180 g/mol. The third kappa shape index (κ3) is 20.5. The number of esters is 4. The summed E-state index contributed by atoms with van der Waals surface area (Å²) in [6, 6.07) is 15.2. The van der Waals surface area contributed by atoms with Crippen LogP contribution in [0.1, 0.15) is 259 Å². The number of phenols is 4. The van der Waals surface area contributed by atoms with E-state index in [0.29, 0.717) is 0 Å². The first-order valence-corrected chi connectivity index (χ1v) is 30.3. The molecule has 4 N–H and O–H groups in total. The Kier molecular flexibility index (Phi) is 22.6. The van der Waals surface area contributed by atoms with Crippen LogP contribution in [0.2, 0.25) is 0 Å². The summed E-state index contributed by atoms with van der Waals surface area (Å²) in [4.78, 5) is 55.7. The summed E-state index contributed by atoms with van der Waals surface area (Å²) < 4.78 is 29.9. The molecule has 0 spiro atoms. The van der Waals surface area contributed by atoms with Gasteiger partial charge in [0.15, 0.2) is 13.2 Å². The minimum atomic E-state index is -1.65. The average Bonchev–Trinajstić information content (AvgIpc) is 1.32. The zero-order chi connectivity index (χ0) is 65.0. The molecule has 4 rings (SSSR count). The summed E-state index contributed by atoms with van der Waals surface area (Å²) in [6.45, 7) is 47.0. The number of ether oxygens (including phenoxy) is 5. The van der Waals surface area contributed by atoms with Gasteiger partial charge < -0.3 is 39.4 Å². The molecular formula is C72H106O13. The molecule has 2 unspecified atom stereocenters. The fourth-order valence-electron chi connectivity index (χ4n) is 10.2. The van der Waals surface area contributed by atoms with Gasteiger partial charge in [0, 0.05) is 25.7 Å². The van der Waals surface area contributed by atoms with E-state index < -0.39 is 93.0 Å². The van der Waals surface area contributed by atoms with Crippen molar-refractivity contribution in [2.45, 2.75) is 273 Å². The van der Waals surface area contributed by atoms with Crippen LogP contribution in [0.15, 0.2) is 48.5 Å². The molecule has 472 valence electrons. The van der Waals surface area contributed by atoms with Gasteiger partial charge in [-0.2, -0.15) is 0 Å². The molecule has 0 saturated carbocycles. The minimum Gasteiger partial charge on any atom is -0.507 e. The van der Waals surface area contributed by atoms with E-state index in [4.69, 9.17) is 23.7 Å². The van der Waals surface area contributed by atoms with Crippen LogP contribution in [0.25, 0.3) is 0 Å². The molecule has 0 aliphatic carbocycles. The van der Waals surface area contributed by atoms with Crippen molar-refractivity contribution in [3.63, 3.8) is 0 Å². The highest BCUT2D eigenvalue weighted by Gasteiger charge is 2.33. The predicted octanol–water partition coefficient (Wildman–Crippen LogP) is 15.6. The number of benzene rings is 4. The highest BCUT2D eigenvalue weighted by atomic mass is 16.8. The van der Waals surface area contributed by atoms with Crippen molar-refractivity contribution in [2.24, 2.45) is 0 Å². The van der Waals surface area contributed by atoms with Crippen molar-refractivity contribution in [3.8, 4) is 23.0 Å². The highest BCUT2D eigenvalue weighted by molar-refractivity contribution is 5.72. The normalized spacial score (nSPS) is 13.7. The number of carbonyl (C=O) groups excluding carboxylic acids is 4. The first kappa shape index (κ1) is 71.4. The number of rotatable bonds is 20. The van der Waals surface area contributed by atoms with E-state index in [0.717, 1.165) is 66.8 Å². The summed E-state index contributed by atoms with van der Waals surface area (Å²) >= 11 is 0. The topological polar surface area (TPSA) is 195 Å². The first-order valence-electron chi connectivity index (χ1n) is 30.3. The molecule has 4 aromatic carbocycles. The number of aromatic hydroxyl groups is 4. The number of phenolic OH excluding ortho intramolecular Hbond substituents is 4. The predicted molar refractivity (Wildman–Crippen MR) is 338 cm³/mol. The standard InChI is InChI=1S/C72H106O13/c1-65(2,3)47-33-43(34-48(61(47)77)66(4,5)6)25-29-55(73)81-41-59(83-57(75)31-27-45-37-51(69(13,14)15)63(79)52(38-45)70(16,17)18)85-60(84-58(76)32-28-46-39-53(71(19,20)21)64(80)54(40-46)72(22,23)24)42-82-56(74)30-26-44-35-49(67(7,8)9)62(78)50(36-44)68(10,11)12/h33-40,59-60,77-80H,25-32,41-42H2,1-24H3. The Balaban J connectivity index is 1.72. The molecule has 4 aromatic rings. The van der Waals surface area contributed by atoms with Crippen LogP contribution < -0.4 is 0 Å². The molecule has 85 heavy (non-hydrogen) atoms. The van der Waals surface area contributed by atoms with Crippen LogP contribution in [-0.4, -0.2) is 70.1 Å². The van der Waals surface area contributed by atoms with Gasteiger partial charge in [-0.25, -0.2) is 0 Å². The van der Waals surface area contributed by atoms with Crippen LogP contribution in [0, 0.1) is 0 Å². The van der Waals surface area contributed by atoms with Gasteiger partial charge in [0.05, 0.1) is 0 Å². The summed E-state index contributed by atoms with van der Waals surface area (Å²) in [5.41, 5.74) is 5.88. The molecule has 0 heterocycles. The second-order valence-electron chi connectivity index (χ2n) is 31.5. The Labute approximate surface area is 510 Å². The SMILES string of the molecule is CC(C)(C)c1cc(CCC(=O)OCC(OC(=O)CCc2cc(C(C)(C)C)c(O)c(C(C)(C)C)c2)OC(COC(=O)CCc2cc(C(C)(C)C)c(O)c(C(C)(C)C)c2)OC(=O)CCc2cc(C(C)(C)C)c(O)c(C(C)(C)C)c2)cc(C(C)(C)C)c1O. The van der Waals surface area contributed by atoms with E-state index in [1.54, 1.807) is 0 Å². The summed E-state index contributed by atoms with van der Waals surface area (Å²) in [5, 5.41) is 45.5. The molecule has 0 aliphatic rings. The second kappa shape index (κ2) is 26.9. The molecule has 0 aliphatic heterocycles. The van der Waals surface area contributed by atoms with Gasteiger partial charge >= 0.3 is 23.9 Å². The zero-order valence-electron chi connectivity index (χ0n) is 56.3. The zero-order valence-corrected chi connectivity index (χ0v) is 56.3. The molecule has 0 fully saturated rings. The lowest BCUT2D eigenvalue weighted by molar-refractivity contribution is -0.257. The number of aryl methyl sites for hydroxylation is 4. The van der Waals surface area contributed by atoms with Gasteiger partial charge in [-0.3, -0.25) is 23.9 Å². The maximum Gasteiger partial charge on any atom is 0.308 e. The van der Waals surface area contributed by atoms with E-state index >= 15 is 0 Å². The molecule has 0 amide bonds. The summed E-state index contributed by atoms with van der Waals surface area (Å²) in [7, 11) is 0. The van der Waals surface area contributed by atoms with Crippen molar-refractivity contribution in [2.75, 3.05) is 13.2 Å². The Morgan fingerprint density at radius 1 is 0.306 bits per heavy atom. The van der Waals surface area contributed by atoms with Crippen LogP contribution in [0.5, 0.6) is 23.0 Å². The van der Waals surface area contributed by atoms with Crippen LogP contribution in [-0.2, 0) is 112 Å². The molecule has 0 radical (unpaired) electrons. The van der Waals surface area contributed by atoms with Gasteiger partial charge in [-0.15, -0.1) is 0 Å². The van der Waals surface area contributed by atoms with Gasteiger partial charge in [0.2, 0.25) is 12.6 Å². The van der Waals surface area contributed by atoms with E-state index in [1.807, 2.05) is 215 Å². The lowest BCUT2D eigenvalue weighted by Crippen LogP contribution is -2.37. The Hall–Kier alpha value is -6.08. The number of hydrogen-bond acceptors (Lipinski definition) is 13. The smallest absolute Gasteiger partial charge is 0.308 e. The van der Waals surface area contributed by atoms with Crippen LogP contribution >= 0.6 is 0 Å². The van der Waals surface area contributed by atoms with Gasteiger partial charge in [-0.1, -0.05) is 215 Å². The van der Waals surface area contributed by atoms with E-state index in [9.17, 15) is 39.6 Å². The van der Waals surface area contributed by atoms with Gasteiger partial charge in [0.25, 0.3) is 0 Å². The van der Waals surface area contributed by atoms with Crippen molar-refractivity contribution >= 4 is 23.9 Å². The quantitative estimate of drug-likeness (QED) is 0.0371. The molecule has 0 bridgehead atoms. The monoisotopic (exact) mass is 1180 g/mol. The molecule has 0 saturated heterocycles. The van der Waals surface area contributed by atoms with Gasteiger partial charge in [-0.05, 0) is 136 Å². The van der Waals surface area contributed by atoms with Crippen molar-refractivity contribution in [1.82, 2.24) is 0 Å². The van der Waals surface area contributed by atoms with E-state index in [-0.39, 0.29) is 74.4 Å². The molecule has 13 heteroatoms. The van der Waals surface area contributed by atoms with Crippen molar-refractivity contribution in [3.05, 3.63) is 115 Å². The Morgan fingerprint density at radius 2 is 0.471 bits per heavy atom. The first-order chi connectivity index (χ1) is 38.5. The largest absolute Gasteiger partial charge is 0.507 e. The lowest BCUT2D eigenvalue weighted by Gasteiger charge is -2.28. The lowest BCUT2D eigenvalue weighted by atomic mass is 9.78. The van der Waals surface area contributed by atoms with Crippen molar-refractivity contribution in [1.29, 1.82) is 0 Å². The molecule has 2 atom stereocenters. The fourth-order valence-corrected chi connectivity index (χ4v) is 10.2. The van der Waals surface area contributed by atoms with Crippen LogP contribution in [0.4, 0.5) is 0 Å². The molecule has 0 aromatic heterocycles.